The molecule has 1 spiro atoms. The molecular formula is C15H20O. The quantitative estimate of drug-likeness (QED) is 0.668. The van der Waals surface area contributed by atoms with E-state index in [-0.39, 0.29) is 0 Å². The van der Waals surface area contributed by atoms with Gasteiger partial charge in [-0.1, -0.05) is 36.5 Å². The summed E-state index contributed by atoms with van der Waals surface area (Å²) >= 11 is 0. The second-order valence-electron chi connectivity index (χ2n) is 5.95. The van der Waals surface area contributed by atoms with E-state index in [1.54, 1.807) is 0 Å². The number of rotatable bonds is 1. The summed E-state index contributed by atoms with van der Waals surface area (Å²) in [6, 6.07) is 0. The first-order valence-electron chi connectivity index (χ1n) is 6.30. The van der Waals surface area contributed by atoms with Crippen molar-refractivity contribution in [2.45, 2.75) is 25.7 Å². The minimum absolute atomic E-state index is 0.314. The highest BCUT2D eigenvalue weighted by Gasteiger charge is 2.53. The van der Waals surface area contributed by atoms with Gasteiger partial charge in [0.25, 0.3) is 0 Å². The first-order chi connectivity index (χ1) is 7.64. The van der Waals surface area contributed by atoms with E-state index in [1.807, 2.05) is 0 Å². The summed E-state index contributed by atoms with van der Waals surface area (Å²) in [4.78, 5) is 0. The molecule has 0 aliphatic heterocycles. The Bertz CT molecular complexity index is 379. The Labute approximate surface area is 97.6 Å². The largest absolute Gasteiger partial charge is 0.396 e. The molecule has 16 heavy (non-hydrogen) atoms. The van der Waals surface area contributed by atoms with Crippen molar-refractivity contribution >= 4 is 0 Å². The van der Waals surface area contributed by atoms with Crippen molar-refractivity contribution in [2.75, 3.05) is 6.61 Å². The van der Waals surface area contributed by atoms with Crippen LogP contribution in [0.5, 0.6) is 0 Å². The predicted octanol–water partition coefficient (Wildman–Crippen LogP) is 3.08. The fraction of sp³-hybridized carbons (Fsp3) is 0.600. The number of hydrogen-bond donors (Lipinski definition) is 1. The van der Waals surface area contributed by atoms with Crippen LogP contribution >= 0.6 is 0 Å². The third kappa shape index (κ3) is 1.27. The molecule has 0 aromatic rings. The molecule has 0 amide bonds. The van der Waals surface area contributed by atoms with E-state index in [0.29, 0.717) is 29.8 Å². The zero-order valence-electron chi connectivity index (χ0n) is 9.78. The van der Waals surface area contributed by atoms with E-state index >= 15 is 0 Å². The monoisotopic (exact) mass is 216 g/mol. The van der Waals surface area contributed by atoms with E-state index in [9.17, 15) is 5.11 Å². The van der Waals surface area contributed by atoms with Gasteiger partial charge < -0.3 is 5.11 Å². The Balaban J connectivity index is 2.03. The van der Waals surface area contributed by atoms with E-state index in [2.05, 4.69) is 25.3 Å². The SMILES string of the molecule is C=C1C=C[C@]23CC(=C)[C@H](C[C@H](CO)[C@H]2C1)C3. The molecule has 0 aromatic carbocycles. The normalized spacial score (nSPS) is 45.9. The molecule has 2 saturated carbocycles. The predicted molar refractivity (Wildman–Crippen MR) is 65.9 cm³/mol. The van der Waals surface area contributed by atoms with Gasteiger partial charge in [-0.3, -0.25) is 0 Å². The summed E-state index contributed by atoms with van der Waals surface area (Å²) in [5.74, 6) is 1.72. The fourth-order valence-electron chi connectivity index (χ4n) is 4.23. The van der Waals surface area contributed by atoms with Crippen LogP contribution in [-0.4, -0.2) is 11.7 Å². The summed E-state index contributed by atoms with van der Waals surface area (Å²) in [5, 5.41) is 9.58. The van der Waals surface area contributed by atoms with Crippen LogP contribution in [0.25, 0.3) is 0 Å². The van der Waals surface area contributed by atoms with Gasteiger partial charge >= 0.3 is 0 Å². The van der Waals surface area contributed by atoms with E-state index in [1.165, 1.54) is 17.6 Å². The minimum atomic E-state index is 0.314. The van der Waals surface area contributed by atoms with Crippen molar-refractivity contribution in [3.05, 3.63) is 36.5 Å². The first kappa shape index (κ1) is 10.3. The van der Waals surface area contributed by atoms with Crippen LogP contribution in [0.4, 0.5) is 0 Å². The highest BCUT2D eigenvalue weighted by molar-refractivity contribution is 5.32. The lowest BCUT2D eigenvalue weighted by Crippen LogP contribution is -2.39. The smallest absolute Gasteiger partial charge is 0.0462 e. The summed E-state index contributed by atoms with van der Waals surface area (Å²) in [5.41, 5.74) is 2.96. The highest BCUT2D eigenvalue weighted by atomic mass is 16.3. The second-order valence-corrected chi connectivity index (χ2v) is 5.95. The maximum absolute atomic E-state index is 9.58. The summed E-state index contributed by atoms with van der Waals surface area (Å²) in [6.45, 7) is 8.64. The molecule has 0 unspecified atom stereocenters. The van der Waals surface area contributed by atoms with Gasteiger partial charge in [-0.05, 0) is 48.9 Å². The van der Waals surface area contributed by atoms with Crippen molar-refractivity contribution in [1.29, 1.82) is 0 Å². The average molecular weight is 216 g/mol. The second kappa shape index (κ2) is 3.33. The molecule has 3 rings (SSSR count). The Morgan fingerprint density at radius 2 is 2.25 bits per heavy atom. The number of aliphatic hydroxyl groups excluding tert-OH is 1. The molecule has 2 bridgehead atoms. The lowest BCUT2D eigenvalue weighted by molar-refractivity contribution is 0.0495. The zero-order chi connectivity index (χ0) is 11.3. The summed E-state index contributed by atoms with van der Waals surface area (Å²) in [6.07, 6.45) is 9.19. The van der Waals surface area contributed by atoms with E-state index in [4.69, 9.17) is 0 Å². The van der Waals surface area contributed by atoms with E-state index < -0.39 is 0 Å². The van der Waals surface area contributed by atoms with Crippen LogP contribution in [-0.2, 0) is 0 Å². The van der Waals surface area contributed by atoms with Crippen LogP contribution in [0.3, 0.4) is 0 Å². The van der Waals surface area contributed by atoms with Gasteiger partial charge in [-0.25, -0.2) is 0 Å². The Morgan fingerprint density at radius 3 is 3.00 bits per heavy atom. The van der Waals surface area contributed by atoms with Crippen LogP contribution in [0.1, 0.15) is 25.7 Å². The topological polar surface area (TPSA) is 20.2 Å². The Morgan fingerprint density at radius 1 is 1.44 bits per heavy atom. The lowest BCUT2D eigenvalue weighted by atomic mass is 9.59. The maximum atomic E-state index is 9.58. The molecular weight excluding hydrogens is 196 g/mol. The first-order valence-corrected chi connectivity index (χ1v) is 6.30. The zero-order valence-corrected chi connectivity index (χ0v) is 9.78. The van der Waals surface area contributed by atoms with Gasteiger partial charge in [0.2, 0.25) is 0 Å². The molecule has 86 valence electrons. The van der Waals surface area contributed by atoms with Crippen LogP contribution in [0, 0.1) is 23.2 Å². The number of fused-ring (bicyclic) bond motifs is 1. The molecule has 3 aliphatic rings. The molecule has 0 saturated heterocycles. The van der Waals surface area contributed by atoms with Gasteiger partial charge in [-0.15, -0.1) is 0 Å². The van der Waals surface area contributed by atoms with Crippen molar-refractivity contribution in [2.24, 2.45) is 23.2 Å². The van der Waals surface area contributed by atoms with Crippen molar-refractivity contribution in [3.63, 3.8) is 0 Å². The Hall–Kier alpha value is -0.820. The van der Waals surface area contributed by atoms with Crippen molar-refractivity contribution in [3.8, 4) is 0 Å². The molecule has 2 fully saturated rings. The fourth-order valence-corrected chi connectivity index (χ4v) is 4.23. The maximum Gasteiger partial charge on any atom is 0.0462 e. The standard InChI is InChI=1S/C15H20O/c1-10-3-4-15-7-11(2)12(8-15)6-13(9-16)14(15)5-10/h3-4,12-14,16H,1-2,5-9H2/t12-,13-,14-,15-/m1/s1. The minimum Gasteiger partial charge on any atom is -0.396 e. The van der Waals surface area contributed by atoms with Gasteiger partial charge in [0.05, 0.1) is 0 Å². The van der Waals surface area contributed by atoms with Gasteiger partial charge in [0, 0.05) is 6.61 Å². The van der Waals surface area contributed by atoms with Gasteiger partial charge in [-0.2, -0.15) is 0 Å². The van der Waals surface area contributed by atoms with E-state index in [0.717, 1.165) is 19.3 Å². The third-order valence-corrected chi connectivity index (χ3v) is 5.02. The molecule has 1 heteroatoms. The summed E-state index contributed by atoms with van der Waals surface area (Å²) < 4.78 is 0. The third-order valence-electron chi connectivity index (χ3n) is 5.02. The lowest BCUT2D eigenvalue weighted by Gasteiger charge is -2.46. The van der Waals surface area contributed by atoms with Gasteiger partial charge in [0.1, 0.15) is 0 Å². The molecule has 1 N–H and O–H groups in total. The number of allylic oxidation sites excluding steroid dienone is 4. The number of aliphatic hydroxyl groups is 1. The van der Waals surface area contributed by atoms with Gasteiger partial charge in [0.15, 0.2) is 0 Å². The molecule has 1 nitrogen and oxygen atoms in total. The van der Waals surface area contributed by atoms with Crippen LogP contribution < -0.4 is 0 Å². The molecule has 0 heterocycles. The van der Waals surface area contributed by atoms with Crippen molar-refractivity contribution in [1.82, 2.24) is 0 Å². The average Bonchev–Trinajstić information content (AvgIpc) is 2.52. The Kier molecular flexibility index (Phi) is 2.16. The summed E-state index contributed by atoms with van der Waals surface area (Å²) in [7, 11) is 0. The highest BCUT2D eigenvalue weighted by Crippen LogP contribution is 2.62. The van der Waals surface area contributed by atoms with Crippen LogP contribution in [0.15, 0.2) is 36.5 Å². The number of hydrogen-bond acceptors (Lipinski definition) is 1. The van der Waals surface area contributed by atoms with Crippen LogP contribution in [0.2, 0.25) is 0 Å². The molecule has 3 aliphatic carbocycles. The molecule has 0 aromatic heterocycles. The molecule has 4 atom stereocenters. The van der Waals surface area contributed by atoms with Crippen molar-refractivity contribution < 1.29 is 5.11 Å². The molecule has 0 radical (unpaired) electrons.